The standard InChI is InChI=1S/C9H8F5NO2/c1-5(6-3-2-4-17-6)15-7(16)8(10,11)9(12,13)14/h2-5H,1H3,(H,15,16)/t5-/m0/s1. The van der Waals surface area contributed by atoms with Gasteiger partial charge < -0.3 is 9.73 Å². The fourth-order valence-electron chi connectivity index (χ4n) is 1.02. The second kappa shape index (κ2) is 4.34. The number of hydrogen-bond donors (Lipinski definition) is 1. The van der Waals surface area contributed by atoms with Crippen molar-refractivity contribution < 1.29 is 31.2 Å². The van der Waals surface area contributed by atoms with E-state index in [0.717, 1.165) is 0 Å². The molecule has 17 heavy (non-hydrogen) atoms. The van der Waals surface area contributed by atoms with E-state index in [-0.39, 0.29) is 5.76 Å². The van der Waals surface area contributed by atoms with Crippen molar-refractivity contribution in [3.63, 3.8) is 0 Å². The Kier molecular flexibility index (Phi) is 3.44. The first kappa shape index (κ1) is 13.5. The molecule has 0 unspecified atom stereocenters. The quantitative estimate of drug-likeness (QED) is 0.846. The van der Waals surface area contributed by atoms with Crippen molar-refractivity contribution in [3.8, 4) is 0 Å². The minimum absolute atomic E-state index is 0.0799. The van der Waals surface area contributed by atoms with E-state index in [1.807, 2.05) is 0 Å². The SMILES string of the molecule is C[C@H](NC(=O)C(F)(F)C(F)(F)F)c1ccco1. The van der Waals surface area contributed by atoms with Crippen LogP contribution in [0.1, 0.15) is 18.7 Å². The van der Waals surface area contributed by atoms with Gasteiger partial charge >= 0.3 is 18.0 Å². The molecule has 0 aliphatic rings. The molecule has 3 nitrogen and oxygen atoms in total. The minimum Gasteiger partial charge on any atom is -0.467 e. The zero-order chi connectivity index (χ0) is 13.3. The maximum atomic E-state index is 12.6. The van der Waals surface area contributed by atoms with Crippen LogP contribution in [0.15, 0.2) is 22.8 Å². The zero-order valence-electron chi connectivity index (χ0n) is 8.52. The van der Waals surface area contributed by atoms with Gasteiger partial charge in [0.2, 0.25) is 0 Å². The third-order valence-corrected chi connectivity index (χ3v) is 1.96. The van der Waals surface area contributed by atoms with E-state index >= 15 is 0 Å². The van der Waals surface area contributed by atoms with Crippen LogP contribution < -0.4 is 5.32 Å². The summed E-state index contributed by atoms with van der Waals surface area (Å²) >= 11 is 0. The van der Waals surface area contributed by atoms with Gasteiger partial charge in [-0.3, -0.25) is 4.79 Å². The number of furan rings is 1. The van der Waals surface area contributed by atoms with Crippen molar-refractivity contribution >= 4 is 5.91 Å². The van der Waals surface area contributed by atoms with Crippen LogP contribution in [0.5, 0.6) is 0 Å². The smallest absolute Gasteiger partial charge is 0.463 e. The number of hydrogen-bond acceptors (Lipinski definition) is 2. The summed E-state index contributed by atoms with van der Waals surface area (Å²) in [5.41, 5.74) is 0. The van der Waals surface area contributed by atoms with Crippen molar-refractivity contribution in [2.75, 3.05) is 0 Å². The highest BCUT2D eigenvalue weighted by Crippen LogP contribution is 2.35. The lowest BCUT2D eigenvalue weighted by molar-refractivity contribution is -0.270. The molecule has 8 heteroatoms. The maximum Gasteiger partial charge on any atom is 0.463 e. The van der Waals surface area contributed by atoms with E-state index < -0.39 is 24.0 Å². The van der Waals surface area contributed by atoms with Gasteiger partial charge in [0.05, 0.1) is 12.3 Å². The molecule has 1 N–H and O–H groups in total. The zero-order valence-corrected chi connectivity index (χ0v) is 8.52. The van der Waals surface area contributed by atoms with Crippen molar-refractivity contribution in [2.45, 2.75) is 25.1 Å². The second-order valence-corrected chi connectivity index (χ2v) is 3.28. The molecular weight excluding hydrogens is 249 g/mol. The molecule has 0 bridgehead atoms. The number of carbonyl (C=O) groups is 1. The molecule has 0 radical (unpaired) electrons. The first-order valence-electron chi connectivity index (χ1n) is 4.45. The van der Waals surface area contributed by atoms with E-state index in [1.54, 1.807) is 0 Å². The molecule has 0 aliphatic carbocycles. The van der Waals surface area contributed by atoms with Gasteiger partial charge in [0.15, 0.2) is 0 Å². The van der Waals surface area contributed by atoms with Gasteiger partial charge in [-0.1, -0.05) is 0 Å². The van der Waals surface area contributed by atoms with Gasteiger partial charge in [-0.25, -0.2) is 0 Å². The van der Waals surface area contributed by atoms with E-state index in [2.05, 4.69) is 0 Å². The maximum absolute atomic E-state index is 12.6. The van der Waals surface area contributed by atoms with Gasteiger partial charge in [-0.2, -0.15) is 22.0 Å². The molecular formula is C9H8F5NO2. The molecule has 0 saturated heterocycles. The van der Waals surface area contributed by atoms with Crippen molar-refractivity contribution in [1.82, 2.24) is 5.32 Å². The summed E-state index contributed by atoms with van der Waals surface area (Å²) in [5, 5.41) is 1.53. The number of rotatable bonds is 3. The fraction of sp³-hybridized carbons (Fsp3) is 0.444. The monoisotopic (exact) mass is 257 g/mol. The molecule has 0 spiro atoms. The van der Waals surface area contributed by atoms with Crippen LogP contribution in [0.2, 0.25) is 0 Å². The van der Waals surface area contributed by atoms with Crippen molar-refractivity contribution in [1.29, 1.82) is 0 Å². The van der Waals surface area contributed by atoms with Crippen LogP contribution in [0.3, 0.4) is 0 Å². The summed E-state index contributed by atoms with van der Waals surface area (Å²) in [6.45, 7) is 1.23. The summed E-state index contributed by atoms with van der Waals surface area (Å²) in [4.78, 5) is 10.8. The van der Waals surface area contributed by atoms with Crippen LogP contribution in [-0.2, 0) is 4.79 Å². The first-order valence-corrected chi connectivity index (χ1v) is 4.45. The van der Waals surface area contributed by atoms with E-state index in [0.29, 0.717) is 0 Å². The topological polar surface area (TPSA) is 42.2 Å². The Labute approximate surface area is 92.6 Å². The molecule has 96 valence electrons. The number of amides is 1. The molecule has 1 aromatic rings. The summed E-state index contributed by atoms with van der Waals surface area (Å²) < 4.78 is 65.4. The Morgan fingerprint density at radius 2 is 1.94 bits per heavy atom. The molecule has 0 saturated carbocycles. The third kappa shape index (κ3) is 2.75. The summed E-state index contributed by atoms with van der Waals surface area (Å²) in [6, 6.07) is 1.68. The van der Waals surface area contributed by atoms with Crippen molar-refractivity contribution in [3.05, 3.63) is 24.2 Å². The Morgan fingerprint density at radius 1 is 1.35 bits per heavy atom. The fourth-order valence-corrected chi connectivity index (χ4v) is 1.02. The van der Waals surface area contributed by atoms with E-state index in [1.165, 1.54) is 30.6 Å². The number of carbonyl (C=O) groups excluding carboxylic acids is 1. The van der Waals surface area contributed by atoms with E-state index in [9.17, 15) is 26.7 Å². The van der Waals surface area contributed by atoms with E-state index in [4.69, 9.17) is 4.42 Å². The highest BCUT2D eigenvalue weighted by Gasteiger charge is 2.63. The minimum atomic E-state index is -5.92. The van der Waals surface area contributed by atoms with Gasteiger partial charge in [0, 0.05) is 0 Å². The van der Waals surface area contributed by atoms with Gasteiger partial charge in [-0.05, 0) is 19.1 Å². The van der Waals surface area contributed by atoms with Crippen LogP contribution in [0.25, 0.3) is 0 Å². The molecule has 0 fully saturated rings. The van der Waals surface area contributed by atoms with Crippen LogP contribution in [0, 0.1) is 0 Å². The van der Waals surface area contributed by atoms with Crippen molar-refractivity contribution in [2.24, 2.45) is 0 Å². The molecule has 0 aromatic carbocycles. The normalized spacial score (nSPS) is 14.5. The van der Waals surface area contributed by atoms with Gasteiger partial charge in [0.1, 0.15) is 5.76 Å². The highest BCUT2D eigenvalue weighted by atomic mass is 19.4. The highest BCUT2D eigenvalue weighted by molar-refractivity contribution is 5.84. The molecule has 1 rings (SSSR count). The number of halogens is 5. The van der Waals surface area contributed by atoms with Crippen LogP contribution in [-0.4, -0.2) is 18.0 Å². The first-order chi connectivity index (χ1) is 7.66. The molecule has 1 atom stereocenters. The third-order valence-electron chi connectivity index (χ3n) is 1.96. The average Bonchev–Trinajstić information content (AvgIpc) is 2.68. The second-order valence-electron chi connectivity index (χ2n) is 3.28. The lowest BCUT2D eigenvalue weighted by atomic mass is 10.2. The molecule has 0 aliphatic heterocycles. The average molecular weight is 257 g/mol. The number of alkyl halides is 5. The predicted molar refractivity (Wildman–Crippen MR) is 46.3 cm³/mol. The lowest BCUT2D eigenvalue weighted by Crippen LogP contribution is -2.50. The number of nitrogens with one attached hydrogen (secondary N) is 1. The largest absolute Gasteiger partial charge is 0.467 e. The summed E-state index contributed by atoms with van der Waals surface area (Å²) in [5.74, 6) is -7.75. The van der Waals surface area contributed by atoms with Gasteiger partial charge in [-0.15, -0.1) is 0 Å². The lowest BCUT2D eigenvalue weighted by Gasteiger charge is -2.20. The Bertz CT molecular complexity index is 385. The Morgan fingerprint density at radius 3 is 2.35 bits per heavy atom. The predicted octanol–water partition coefficient (Wildman–Crippen LogP) is 2.65. The van der Waals surface area contributed by atoms with Crippen LogP contribution in [0.4, 0.5) is 22.0 Å². The summed E-state index contributed by atoms with van der Waals surface area (Å²) in [7, 11) is 0. The van der Waals surface area contributed by atoms with Gasteiger partial charge in [0.25, 0.3) is 0 Å². The summed E-state index contributed by atoms with van der Waals surface area (Å²) in [6.07, 6.45) is -4.71. The molecule has 1 heterocycles. The molecule has 1 aromatic heterocycles. The Hall–Kier alpha value is -1.60. The molecule has 1 amide bonds. The van der Waals surface area contributed by atoms with Crippen LogP contribution >= 0.6 is 0 Å². The Balaban J connectivity index is 2.73.